The standard InChI is InChI=1S/C13H18ClN3O2/c1-16(12-5-4-10(14)7-15-12)8-13(19)17-6-2-3-11(17)9-18/h4-5,7,11,18H,2-3,6,8-9H2,1H3/t11-/m1/s1. The summed E-state index contributed by atoms with van der Waals surface area (Å²) in [4.78, 5) is 19.9. The molecule has 5 nitrogen and oxygen atoms in total. The molecule has 19 heavy (non-hydrogen) atoms. The van der Waals surface area contributed by atoms with E-state index in [0.717, 1.165) is 19.4 Å². The van der Waals surface area contributed by atoms with Crippen molar-refractivity contribution in [3.8, 4) is 0 Å². The Morgan fingerprint density at radius 1 is 1.63 bits per heavy atom. The van der Waals surface area contributed by atoms with Gasteiger partial charge in [0, 0.05) is 19.8 Å². The molecule has 1 N–H and O–H groups in total. The van der Waals surface area contributed by atoms with Crippen molar-refractivity contribution in [1.29, 1.82) is 0 Å². The first kappa shape index (κ1) is 14.1. The molecule has 0 radical (unpaired) electrons. The van der Waals surface area contributed by atoms with Crippen molar-refractivity contribution in [3.05, 3.63) is 23.4 Å². The number of aromatic nitrogens is 1. The molecule has 1 amide bonds. The molecular formula is C13H18ClN3O2. The zero-order chi connectivity index (χ0) is 13.8. The molecule has 1 atom stereocenters. The fourth-order valence-corrected chi connectivity index (χ4v) is 2.43. The highest BCUT2D eigenvalue weighted by atomic mass is 35.5. The van der Waals surface area contributed by atoms with Crippen LogP contribution in [0.3, 0.4) is 0 Å². The predicted octanol–water partition coefficient (Wildman–Crippen LogP) is 1.15. The van der Waals surface area contributed by atoms with Crippen molar-refractivity contribution in [2.75, 3.05) is 31.6 Å². The molecule has 6 heteroatoms. The van der Waals surface area contributed by atoms with E-state index in [4.69, 9.17) is 11.6 Å². The molecule has 104 valence electrons. The number of hydrogen-bond acceptors (Lipinski definition) is 4. The SMILES string of the molecule is CN(CC(=O)N1CCC[C@@H]1CO)c1ccc(Cl)cn1. The number of likely N-dealkylation sites (N-methyl/N-ethyl adjacent to an activating group) is 1. The van der Waals surface area contributed by atoms with Crippen LogP contribution in [0.2, 0.25) is 5.02 Å². The number of likely N-dealkylation sites (tertiary alicyclic amines) is 1. The second-order valence-electron chi connectivity index (χ2n) is 4.76. The van der Waals surface area contributed by atoms with Gasteiger partial charge < -0.3 is 14.9 Å². The van der Waals surface area contributed by atoms with E-state index in [1.165, 1.54) is 0 Å². The van der Waals surface area contributed by atoms with Crippen LogP contribution in [0.15, 0.2) is 18.3 Å². The maximum absolute atomic E-state index is 12.2. The van der Waals surface area contributed by atoms with Crippen LogP contribution < -0.4 is 4.90 Å². The average Bonchev–Trinajstić information content (AvgIpc) is 2.87. The van der Waals surface area contributed by atoms with Crippen molar-refractivity contribution in [1.82, 2.24) is 9.88 Å². The van der Waals surface area contributed by atoms with Crippen LogP contribution in [0.4, 0.5) is 5.82 Å². The quantitative estimate of drug-likeness (QED) is 0.901. The third kappa shape index (κ3) is 3.36. The highest BCUT2D eigenvalue weighted by molar-refractivity contribution is 6.30. The lowest BCUT2D eigenvalue weighted by Gasteiger charge is -2.26. The first-order chi connectivity index (χ1) is 9.11. The number of aliphatic hydroxyl groups is 1. The van der Waals surface area contributed by atoms with Gasteiger partial charge in [-0.3, -0.25) is 4.79 Å². The van der Waals surface area contributed by atoms with Crippen LogP contribution in [-0.4, -0.2) is 53.7 Å². The summed E-state index contributed by atoms with van der Waals surface area (Å²) in [5.74, 6) is 0.730. The third-order valence-electron chi connectivity index (χ3n) is 3.38. The highest BCUT2D eigenvalue weighted by Gasteiger charge is 2.28. The number of amides is 1. The van der Waals surface area contributed by atoms with Gasteiger partial charge >= 0.3 is 0 Å². The fourth-order valence-electron chi connectivity index (χ4n) is 2.32. The Kier molecular flexibility index (Phi) is 4.61. The van der Waals surface area contributed by atoms with Gasteiger partial charge in [0.15, 0.2) is 0 Å². The third-order valence-corrected chi connectivity index (χ3v) is 3.61. The Labute approximate surface area is 117 Å². The molecule has 1 fully saturated rings. The summed E-state index contributed by atoms with van der Waals surface area (Å²) < 4.78 is 0. The van der Waals surface area contributed by atoms with Gasteiger partial charge in [-0.2, -0.15) is 0 Å². The number of halogens is 1. The predicted molar refractivity (Wildman–Crippen MR) is 74.3 cm³/mol. The lowest BCUT2D eigenvalue weighted by atomic mass is 10.2. The van der Waals surface area contributed by atoms with E-state index in [9.17, 15) is 9.90 Å². The number of aliphatic hydroxyl groups excluding tert-OH is 1. The minimum Gasteiger partial charge on any atom is -0.394 e. The minimum atomic E-state index is -0.0286. The van der Waals surface area contributed by atoms with E-state index in [1.807, 2.05) is 7.05 Å². The molecule has 1 aromatic rings. The van der Waals surface area contributed by atoms with Gasteiger partial charge in [0.1, 0.15) is 5.82 Å². The van der Waals surface area contributed by atoms with Gasteiger partial charge in [-0.05, 0) is 25.0 Å². The largest absolute Gasteiger partial charge is 0.394 e. The maximum Gasteiger partial charge on any atom is 0.242 e. The number of anilines is 1. The molecule has 1 saturated heterocycles. The van der Waals surface area contributed by atoms with E-state index >= 15 is 0 Å². The van der Waals surface area contributed by atoms with E-state index in [2.05, 4.69) is 4.98 Å². The second kappa shape index (κ2) is 6.21. The van der Waals surface area contributed by atoms with Crippen LogP contribution in [0.5, 0.6) is 0 Å². The lowest BCUT2D eigenvalue weighted by molar-refractivity contribution is -0.131. The summed E-state index contributed by atoms with van der Waals surface area (Å²) >= 11 is 5.78. The number of rotatable bonds is 4. The summed E-state index contributed by atoms with van der Waals surface area (Å²) in [7, 11) is 1.82. The van der Waals surface area contributed by atoms with Crippen molar-refractivity contribution in [2.45, 2.75) is 18.9 Å². The number of carbonyl (C=O) groups is 1. The number of hydrogen-bond donors (Lipinski definition) is 1. The van der Waals surface area contributed by atoms with Crippen molar-refractivity contribution in [2.24, 2.45) is 0 Å². The number of pyridine rings is 1. The molecule has 0 bridgehead atoms. The van der Waals surface area contributed by atoms with Crippen LogP contribution in [0.25, 0.3) is 0 Å². The van der Waals surface area contributed by atoms with Crippen LogP contribution in [-0.2, 0) is 4.79 Å². The Bertz CT molecular complexity index is 438. The fraction of sp³-hybridized carbons (Fsp3) is 0.538. The highest BCUT2D eigenvalue weighted by Crippen LogP contribution is 2.18. The van der Waals surface area contributed by atoms with E-state index in [0.29, 0.717) is 10.8 Å². The van der Waals surface area contributed by atoms with Gasteiger partial charge in [0.05, 0.1) is 24.2 Å². The Balaban J connectivity index is 1.96. The summed E-state index contributed by atoms with van der Waals surface area (Å²) in [5, 5.41) is 9.81. The van der Waals surface area contributed by atoms with E-state index in [1.54, 1.807) is 28.1 Å². The molecule has 2 heterocycles. The number of nitrogens with zero attached hydrogens (tertiary/aromatic N) is 3. The van der Waals surface area contributed by atoms with Crippen LogP contribution in [0, 0.1) is 0 Å². The first-order valence-corrected chi connectivity index (χ1v) is 6.72. The molecule has 0 aromatic carbocycles. The Hall–Kier alpha value is -1.33. The lowest BCUT2D eigenvalue weighted by Crippen LogP contribution is -2.43. The molecule has 1 aliphatic heterocycles. The molecule has 0 aliphatic carbocycles. The molecule has 2 rings (SSSR count). The monoisotopic (exact) mass is 283 g/mol. The summed E-state index contributed by atoms with van der Waals surface area (Å²) in [6.45, 7) is 1.02. The van der Waals surface area contributed by atoms with Gasteiger partial charge in [-0.25, -0.2) is 4.98 Å². The zero-order valence-corrected chi connectivity index (χ0v) is 11.7. The van der Waals surface area contributed by atoms with Gasteiger partial charge in [0.2, 0.25) is 5.91 Å². The van der Waals surface area contributed by atoms with Gasteiger partial charge in [-0.1, -0.05) is 11.6 Å². The van der Waals surface area contributed by atoms with Gasteiger partial charge in [0.25, 0.3) is 0 Å². The summed E-state index contributed by atoms with van der Waals surface area (Å²) in [6, 6.07) is 3.50. The Morgan fingerprint density at radius 3 is 3.05 bits per heavy atom. The van der Waals surface area contributed by atoms with Gasteiger partial charge in [-0.15, -0.1) is 0 Å². The molecule has 0 saturated carbocycles. The van der Waals surface area contributed by atoms with E-state index in [-0.39, 0.29) is 25.1 Å². The first-order valence-electron chi connectivity index (χ1n) is 6.35. The van der Waals surface area contributed by atoms with Crippen molar-refractivity contribution >= 4 is 23.3 Å². The maximum atomic E-state index is 12.2. The zero-order valence-electron chi connectivity index (χ0n) is 10.9. The number of carbonyl (C=O) groups excluding carboxylic acids is 1. The Morgan fingerprint density at radius 2 is 2.42 bits per heavy atom. The van der Waals surface area contributed by atoms with Crippen molar-refractivity contribution in [3.63, 3.8) is 0 Å². The van der Waals surface area contributed by atoms with E-state index < -0.39 is 0 Å². The molecular weight excluding hydrogens is 266 g/mol. The van der Waals surface area contributed by atoms with Crippen LogP contribution in [0.1, 0.15) is 12.8 Å². The normalized spacial score (nSPS) is 18.7. The molecule has 1 aromatic heterocycles. The summed E-state index contributed by atoms with van der Waals surface area (Å²) in [6.07, 6.45) is 3.40. The molecule has 0 unspecified atom stereocenters. The smallest absolute Gasteiger partial charge is 0.242 e. The minimum absolute atomic E-state index is 0.0239. The summed E-state index contributed by atoms with van der Waals surface area (Å²) in [5.41, 5.74) is 0. The second-order valence-corrected chi connectivity index (χ2v) is 5.19. The topological polar surface area (TPSA) is 56.7 Å². The average molecular weight is 284 g/mol. The molecule has 0 spiro atoms. The van der Waals surface area contributed by atoms with Crippen LogP contribution >= 0.6 is 11.6 Å². The molecule has 1 aliphatic rings. The van der Waals surface area contributed by atoms with Crippen molar-refractivity contribution < 1.29 is 9.90 Å².